The van der Waals surface area contributed by atoms with E-state index in [-0.39, 0.29) is 17.9 Å². The van der Waals surface area contributed by atoms with Gasteiger partial charge in [-0.2, -0.15) is 11.2 Å². The van der Waals surface area contributed by atoms with Crippen LogP contribution in [0.1, 0.15) is 31.9 Å². The highest BCUT2D eigenvalue weighted by atomic mass is 32.4. The fourth-order valence-electron chi connectivity index (χ4n) is 4.11. The van der Waals surface area contributed by atoms with Crippen molar-refractivity contribution in [2.45, 2.75) is 87.2 Å². The lowest BCUT2D eigenvalue weighted by Crippen LogP contribution is -2.65. The standard InChI is InChI=1S/C26H38O5SSi/c1-25(2,3)33(4,5)32-22-20(27)23(31-24(29)21(22)28)26(30,16-18-12-8-6-9-13-18)17-19-14-10-7-11-15-19/h6-15,20-24,27-30H,16-17H2,1-5H3/t20-,21+,22+,23-,24-/m0/s1. The summed E-state index contributed by atoms with van der Waals surface area (Å²) in [5.41, 5.74) is 0.317. The summed E-state index contributed by atoms with van der Waals surface area (Å²) in [6, 6.07) is 19.2. The Morgan fingerprint density at radius 1 is 0.818 bits per heavy atom. The summed E-state index contributed by atoms with van der Waals surface area (Å²) in [6.45, 7) is 10.9. The van der Waals surface area contributed by atoms with Crippen molar-refractivity contribution in [3.8, 4) is 0 Å². The Labute approximate surface area is 202 Å². The summed E-state index contributed by atoms with van der Waals surface area (Å²) in [4.78, 5) is 0. The summed E-state index contributed by atoms with van der Waals surface area (Å²) in [7, 11) is -1.99. The highest BCUT2D eigenvalue weighted by molar-refractivity contribution is 8.29. The Morgan fingerprint density at radius 2 is 1.27 bits per heavy atom. The van der Waals surface area contributed by atoms with Gasteiger partial charge in [-0.15, -0.1) is 0 Å². The van der Waals surface area contributed by atoms with E-state index >= 15 is 0 Å². The van der Waals surface area contributed by atoms with Crippen LogP contribution in [0.15, 0.2) is 60.7 Å². The fourth-order valence-corrected chi connectivity index (χ4v) is 9.64. The third kappa shape index (κ3) is 6.09. The van der Waals surface area contributed by atoms with E-state index in [0.29, 0.717) is 0 Å². The maximum Gasteiger partial charge on any atom is 0.182 e. The molecule has 0 unspecified atom stereocenters. The van der Waals surface area contributed by atoms with Crippen molar-refractivity contribution >= 4 is 18.4 Å². The van der Waals surface area contributed by atoms with Crippen LogP contribution in [0.5, 0.6) is 0 Å². The topological polar surface area (TPSA) is 90.2 Å². The van der Waals surface area contributed by atoms with Crippen LogP contribution in [0.25, 0.3) is 0 Å². The molecule has 1 fully saturated rings. The van der Waals surface area contributed by atoms with Crippen LogP contribution in [-0.4, -0.2) is 63.1 Å². The minimum Gasteiger partial charge on any atom is -0.389 e. The van der Waals surface area contributed by atoms with E-state index < -0.39 is 42.7 Å². The van der Waals surface area contributed by atoms with E-state index in [0.717, 1.165) is 11.1 Å². The summed E-state index contributed by atoms with van der Waals surface area (Å²) < 4.78 is 5.76. The Balaban J connectivity index is 1.97. The maximum absolute atomic E-state index is 12.0. The minimum absolute atomic E-state index is 0.0141. The Morgan fingerprint density at radius 3 is 1.70 bits per heavy atom. The van der Waals surface area contributed by atoms with Crippen molar-refractivity contribution < 1.29 is 25.2 Å². The van der Waals surface area contributed by atoms with Crippen LogP contribution < -0.4 is 0 Å². The highest BCUT2D eigenvalue weighted by Crippen LogP contribution is 2.48. The SMILES string of the molecule is CC(C)(C)[Si](C)(C)S[C@H]1[C@@H](O)[C@@H](O)O[C@H](C(O)(Cc2ccccc2)Cc2ccccc2)[C@H]1O. The first-order valence-electron chi connectivity index (χ1n) is 11.5. The van der Waals surface area contributed by atoms with Gasteiger partial charge >= 0.3 is 0 Å². The van der Waals surface area contributed by atoms with Crippen LogP contribution in [0.2, 0.25) is 18.1 Å². The van der Waals surface area contributed by atoms with Gasteiger partial charge in [0, 0.05) is 12.8 Å². The number of rotatable bonds is 7. The van der Waals surface area contributed by atoms with Gasteiger partial charge in [0.25, 0.3) is 0 Å². The number of aliphatic hydroxyl groups excluding tert-OH is 3. The normalized spacial score (nSPS) is 26.9. The third-order valence-corrected chi connectivity index (χ3v) is 16.5. The van der Waals surface area contributed by atoms with Crippen LogP contribution in [-0.2, 0) is 17.6 Å². The van der Waals surface area contributed by atoms with Crippen molar-refractivity contribution in [3.63, 3.8) is 0 Å². The van der Waals surface area contributed by atoms with Crippen molar-refractivity contribution in [1.29, 1.82) is 0 Å². The summed E-state index contributed by atoms with van der Waals surface area (Å²) in [5.74, 6) is 0. The number of hydrogen-bond acceptors (Lipinski definition) is 6. The van der Waals surface area contributed by atoms with E-state index in [2.05, 4.69) is 33.9 Å². The summed E-state index contributed by atoms with van der Waals surface area (Å²) >= 11 is 1.57. The van der Waals surface area contributed by atoms with Gasteiger partial charge in [-0.05, 0) is 16.2 Å². The van der Waals surface area contributed by atoms with Crippen molar-refractivity contribution in [1.82, 2.24) is 0 Å². The van der Waals surface area contributed by atoms with E-state index in [1.807, 2.05) is 60.7 Å². The first kappa shape index (κ1) is 26.4. The van der Waals surface area contributed by atoms with Gasteiger partial charge in [0.15, 0.2) is 6.29 Å². The van der Waals surface area contributed by atoms with Gasteiger partial charge < -0.3 is 25.2 Å². The third-order valence-electron chi connectivity index (χ3n) is 7.03. The summed E-state index contributed by atoms with van der Waals surface area (Å²) in [6.07, 6.45) is -4.47. The molecule has 1 heterocycles. The lowest BCUT2D eigenvalue weighted by Gasteiger charge is -2.50. The smallest absolute Gasteiger partial charge is 0.182 e. The van der Waals surface area contributed by atoms with Gasteiger partial charge in [-0.3, -0.25) is 0 Å². The number of ether oxygens (including phenoxy) is 1. The van der Waals surface area contributed by atoms with Gasteiger partial charge in [-0.1, -0.05) is 94.5 Å². The molecule has 5 atom stereocenters. The molecule has 3 rings (SSSR count). The van der Waals surface area contributed by atoms with E-state index in [1.54, 1.807) is 11.2 Å². The number of aliphatic hydroxyl groups is 4. The molecule has 0 amide bonds. The molecule has 0 aliphatic carbocycles. The second-order valence-corrected chi connectivity index (χ2v) is 19.8. The van der Waals surface area contributed by atoms with Gasteiger partial charge in [-0.25, -0.2) is 0 Å². The molecular weight excluding hydrogens is 452 g/mol. The molecule has 0 bridgehead atoms. The molecule has 4 N–H and O–H groups in total. The maximum atomic E-state index is 12.0. The molecule has 0 spiro atoms. The quantitative estimate of drug-likeness (QED) is 0.442. The Hall–Kier alpha value is -1.19. The highest BCUT2D eigenvalue weighted by Gasteiger charge is 2.54. The van der Waals surface area contributed by atoms with Gasteiger partial charge in [0.2, 0.25) is 0 Å². The van der Waals surface area contributed by atoms with Crippen molar-refractivity contribution in [3.05, 3.63) is 71.8 Å². The Bertz CT molecular complexity index is 845. The zero-order chi connectivity index (χ0) is 24.4. The van der Waals surface area contributed by atoms with E-state index in [4.69, 9.17) is 4.74 Å². The first-order chi connectivity index (χ1) is 15.3. The average Bonchev–Trinajstić information content (AvgIpc) is 2.74. The predicted octanol–water partition coefficient (Wildman–Crippen LogP) is 3.75. The fraction of sp³-hybridized carbons (Fsp3) is 0.538. The molecular formula is C26H38O5SSi. The van der Waals surface area contributed by atoms with Crippen molar-refractivity contribution in [2.75, 3.05) is 0 Å². The molecule has 5 nitrogen and oxygen atoms in total. The molecule has 182 valence electrons. The van der Waals surface area contributed by atoms with Crippen LogP contribution in [0, 0.1) is 0 Å². The lowest BCUT2D eigenvalue weighted by molar-refractivity contribution is -0.280. The molecule has 7 heteroatoms. The zero-order valence-electron chi connectivity index (χ0n) is 20.2. The van der Waals surface area contributed by atoms with Crippen molar-refractivity contribution in [2.24, 2.45) is 0 Å². The molecule has 1 aliphatic rings. The largest absolute Gasteiger partial charge is 0.389 e. The predicted molar refractivity (Wildman–Crippen MR) is 137 cm³/mol. The van der Waals surface area contributed by atoms with Crippen LogP contribution >= 0.6 is 11.2 Å². The second kappa shape index (κ2) is 10.2. The Kier molecular flexibility index (Phi) is 8.16. The first-order valence-corrected chi connectivity index (χ1v) is 16.1. The molecule has 0 saturated carbocycles. The molecule has 1 saturated heterocycles. The van der Waals surface area contributed by atoms with Crippen LogP contribution in [0.4, 0.5) is 0 Å². The minimum atomic E-state index is -1.99. The lowest BCUT2D eigenvalue weighted by atomic mass is 9.79. The zero-order valence-corrected chi connectivity index (χ0v) is 22.0. The molecule has 0 radical (unpaired) electrons. The van der Waals surface area contributed by atoms with Gasteiger partial charge in [0.1, 0.15) is 25.0 Å². The van der Waals surface area contributed by atoms with E-state index in [9.17, 15) is 20.4 Å². The molecule has 2 aromatic carbocycles. The molecule has 33 heavy (non-hydrogen) atoms. The summed E-state index contributed by atoms with van der Waals surface area (Å²) in [5, 5.41) is 44.3. The van der Waals surface area contributed by atoms with Crippen LogP contribution in [0.3, 0.4) is 0 Å². The van der Waals surface area contributed by atoms with Gasteiger partial charge in [0.05, 0.1) is 11.4 Å². The molecule has 2 aromatic rings. The van der Waals surface area contributed by atoms with E-state index in [1.165, 1.54) is 0 Å². The molecule has 1 aliphatic heterocycles. The number of hydrogen-bond donors (Lipinski definition) is 4. The monoisotopic (exact) mass is 490 g/mol. The number of benzene rings is 2. The second-order valence-electron chi connectivity index (χ2n) is 10.7. The average molecular weight is 491 g/mol. The molecule has 0 aromatic heterocycles.